The smallest absolute Gasteiger partial charge is 0.282 e. The third-order valence-electron chi connectivity index (χ3n) is 3.33. The van der Waals surface area contributed by atoms with E-state index in [2.05, 4.69) is 10.6 Å². The maximum atomic E-state index is 12.2. The first-order valence-corrected chi connectivity index (χ1v) is 7.95. The van der Waals surface area contributed by atoms with E-state index >= 15 is 0 Å². The number of hydrogen-bond donors (Lipinski definition) is 3. The van der Waals surface area contributed by atoms with Crippen molar-refractivity contribution in [2.75, 3.05) is 25.5 Å². The van der Waals surface area contributed by atoms with Crippen molar-refractivity contribution in [1.29, 1.82) is 0 Å². The highest BCUT2D eigenvalue weighted by Crippen LogP contribution is 2.25. The lowest BCUT2D eigenvalue weighted by Crippen LogP contribution is -3.15. The van der Waals surface area contributed by atoms with E-state index in [4.69, 9.17) is 23.2 Å². The molecule has 1 aromatic carbocycles. The Morgan fingerprint density at radius 1 is 1.32 bits per heavy atom. The van der Waals surface area contributed by atoms with Crippen molar-refractivity contribution in [2.45, 2.75) is 26.3 Å². The molecule has 5 nitrogen and oxygen atoms in total. The number of likely N-dealkylation sites (N-methyl/N-ethyl adjacent to an activating group) is 1. The highest BCUT2D eigenvalue weighted by atomic mass is 35.5. The average molecular weight is 347 g/mol. The van der Waals surface area contributed by atoms with Crippen LogP contribution in [0.3, 0.4) is 0 Å². The monoisotopic (exact) mass is 346 g/mol. The molecule has 0 aliphatic rings. The van der Waals surface area contributed by atoms with Crippen molar-refractivity contribution < 1.29 is 14.5 Å². The fourth-order valence-corrected chi connectivity index (χ4v) is 2.24. The minimum Gasteiger partial charge on any atom is -0.351 e. The van der Waals surface area contributed by atoms with E-state index < -0.39 is 0 Å². The number of amides is 2. The number of rotatable bonds is 7. The first kappa shape index (κ1) is 18.7. The summed E-state index contributed by atoms with van der Waals surface area (Å²) in [6, 6.07) is 4.48. The number of anilines is 1. The van der Waals surface area contributed by atoms with Gasteiger partial charge in [-0.3, -0.25) is 9.59 Å². The van der Waals surface area contributed by atoms with Crippen LogP contribution in [0.25, 0.3) is 0 Å². The van der Waals surface area contributed by atoms with Crippen molar-refractivity contribution in [3.63, 3.8) is 0 Å². The van der Waals surface area contributed by atoms with Crippen LogP contribution in [0.5, 0.6) is 0 Å². The van der Waals surface area contributed by atoms with E-state index in [0.29, 0.717) is 22.3 Å². The highest BCUT2D eigenvalue weighted by molar-refractivity contribution is 6.36. The Morgan fingerprint density at radius 3 is 2.59 bits per heavy atom. The number of nitrogens with one attached hydrogen (secondary N) is 3. The van der Waals surface area contributed by atoms with Crippen LogP contribution >= 0.6 is 23.2 Å². The lowest BCUT2D eigenvalue weighted by molar-refractivity contribution is -0.885. The summed E-state index contributed by atoms with van der Waals surface area (Å²) in [4.78, 5) is 24.7. The molecule has 3 N–H and O–H groups in total. The van der Waals surface area contributed by atoms with Gasteiger partial charge >= 0.3 is 0 Å². The van der Waals surface area contributed by atoms with E-state index in [1.807, 2.05) is 6.92 Å². The second-order valence-electron chi connectivity index (χ2n) is 5.21. The van der Waals surface area contributed by atoms with Crippen molar-refractivity contribution in [2.24, 2.45) is 0 Å². The van der Waals surface area contributed by atoms with Crippen LogP contribution in [0.15, 0.2) is 18.2 Å². The molecule has 1 aromatic rings. The van der Waals surface area contributed by atoms with E-state index in [9.17, 15) is 9.59 Å². The van der Waals surface area contributed by atoms with E-state index in [1.54, 1.807) is 32.2 Å². The fraction of sp³-hybridized carbons (Fsp3) is 0.467. The van der Waals surface area contributed by atoms with Crippen LogP contribution in [0, 0.1) is 0 Å². The van der Waals surface area contributed by atoms with Crippen molar-refractivity contribution >= 4 is 40.7 Å². The Morgan fingerprint density at radius 2 is 2.00 bits per heavy atom. The van der Waals surface area contributed by atoms with Gasteiger partial charge in [-0.2, -0.15) is 0 Å². The molecule has 0 bridgehead atoms. The lowest BCUT2D eigenvalue weighted by atomic mass is 10.2. The minimum absolute atomic E-state index is 0.0662. The number of carbonyl (C=O) groups is 2. The van der Waals surface area contributed by atoms with Crippen LogP contribution in [0.1, 0.15) is 20.3 Å². The van der Waals surface area contributed by atoms with Gasteiger partial charge in [-0.15, -0.1) is 0 Å². The van der Waals surface area contributed by atoms with Crippen molar-refractivity contribution in [3.8, 4) is 0 Å². The predicted octanol–water partition coefficient (Wildman–Crippen LogP) is 1.36. The lowest BCUT2D eigenvalue weighted by Gasteiger charge is -2.20. The summed E-state index contributed by atoms with van der Waals surface area (Å²) in [7, 11) is 1.80. The van der Waals surface area contributed by atoms with Gasteiger partial charge in [0.2, 0.25) is 0 Å². The van der Waals surface area contributed by atoms with Gasteiger partial charge in [-0.05, 0) is 31.5 Å². The van der Waals surface area contributed by atoms with Gasteiger partial charge in [0.1, 0.15) is 0 Å². The molecule has 0 aliphatic heterocycles. The second kappa shape index (κ2) is 8.98. The molecule has 2 atom stereocenters. The molecule has 0 heterocycles. The number of benzene rings is 1. The van der Waals surface area contributed by atoms with Gasteiger partial charge in [0.25, 0.3) is 11.8 Å². The van der Waals surface area contributed by atoms with Gasteiger partial charge < -0.3 is 15.5 Å². The van der Waals surface area contributed by atoms with E-state index in [-0.39, 0.29) is 24.4 Å². The third kappa shape index (κ3) is 5.83. The summed E-state index contributed by atoms with van der Waals surface area (Å²) in [6.45, 7) is 4.64. The summed E-state index contributed by atoms with van der Waals surface area (Å²) < 4.78 is 0. The van der Waals surface area contributed by atoms with E-state index in [1.165, 1.54) is 0 Å². The highest BCUT2D eigenvalue weighted by Gasteiger charge is 2.24. The Balaban J connectivity index is 2.58. The number of halogens is 2. The zero-order chi connectivity index (χ0) is 16.7. The molecule has 2 amide bonds. The van der Waals surface area contributed by atoms with Gasteiger partial charge in [0.15, 0.2) is 12.6 Å². The maximum absolute atomic E-state index is 12.2. The van der Waals surface area contributed by atoms with Crippen LogP contribution in [-0.4, -0.2) is 38.0 Å². The molecule has 0 saturated carbocycles. The van der Waals surface area contributed by atoms with Crippen LogP contribution < -0.4 is 15.5 Å². The molecule has 22 heavy (non-hydrogen) atoms. The van der Waals surface area contributed by atoms with Crippen molar-refractivity contribution in [1.82, 2.24) is 5.32 Å². The molecule has 0 spiro atoms. The van der Waals surface area contributed by atoms with Crippen molar-refractivity contribution in [3.05, 3.63) is 28.2 Å². The first-order chi connectivity index (χ1) is 10.3. The van der Waals surface area contributed by atoms with Crippen LogP contribution in [-0.2, 0) is 9.59 Å². The normalized spacial score (nSPS) is 13.3. The molecular weight excluding hydrogens is 325 g/mol. The molecule has 7 heteroatoms. The molecule has 0 aromatic heterocycles. The topological polar surface area (TPSA) is 62.6 Å². The van der Waals surface area contributed by atoms with Crippen LogP contribution in [0.2, 0.25) is 10.0 Å². The summed E-state index contributed by atoms with van der Waals surface area (Å²) in [5.41, 5.74) is 0.506. The minimum atomic E-state index is -0.390. The Bertz CT molecular complexity index is 538. The van der Waals surface area contributed by atoms with Gasteiger partial charge in [-0.25, -0.2) is 0 Å². The Hall–Kier alpha value is -1.30. The quantitative estimate of drug-likeness (QED) is 0.698. The number of quaternary nitrogens is 1. The molecule has 1 rings (SSSR count). The molecule has 122 valence electrons. The van der Waals surface area contributed by atoms with Crippen LogP contribution in [0.4, 0.5) is 5.69 Å². The van der Waals surface area contributed by atoms with Gasteiger partial charge in [0, 0.05) is 11.6 Å². The second-order valence-corrected chi connectivity index (χ2v) is 6.05. The molecule has 1 unspecified atom stereocenters. The third-order valence-corrected chi connectivity index (χ3v) is 3.88. The van der Waals surface area contributed by atoms with E-state index in [0.717, 1.165) is 11.3 Å². The Labute approximate surface area is 141 Å². The number of carbonyl (C=O) groups excluding carboxylic acids is 2. The maximum Gasteiger partial charge on any atom is 0.282 e. The fourth-order valence-electron chi connectivity index (χ4n) is 1.79. The number of hydrogen-bond acceptors (Lipinski definition) is 2. The summed E-state index contributed by atoms with van der Waals surface area (Å²) >= 11 is 11.8. The molecule has 0 radical (unpaired) electrons. The Kier molecular flexibility index (Phi) is 7.65. The summed E-state index contributed by atoms with van der Waals surface area (Å²) in [5, 5.41) is 6.43. The predicted molar refractivity (Wildman–Crippen MR) is 89.6 cm³/mol. The zero-order valence-electron chi connectivity index (χ0n) is 13.0. The van der Waals surface area contributed by atoms with Gasteiger partial charge in [-0.1, -0.05) is 30.1 Å². The molecule has 0 aliphatic carbocycles. The first-order valence-electron chi connectivity index (χ1n) is 7.20. The largest absolute Gasteiger partial charge is 0.351 e. The average Bonchev–Trinajstić information content (AvgIpc) is 2.46. The molecule has 0 saturated heterocycles. The molecule has 0 fully saturated rings. The summed E-state index contributed by atoms with van der Waals surface area (Å²) in [5.74, 6) is -0.270. The zero-order valence-corrected chi connectivity index (χ0v) is 14.5. The summed E-state index contributed by atoms with van der Waals surface area (Å²) in [6.07, 6.45) is 0.885. The standard InChI is InChI=1S/C15H21Cl2N3O2/c1-4-7-18-14(21)9-20(3)10(2)15(22)19-13-6-5-11(16)8-12(13)17/h5-6,8,10H,4,7,9H2,1-3H3,(H,18,21)(H,19,22)/p+1/t10-/m0/s1. The van der Waals surface area contributed by atoms with Gasteiger partial charge in [0.05, 0.1) is 17.8 Å². The molecular formula is C15H22Cl2N3O2+. The SMILES string of the molecule is CCCNC(=O)C[NH+](C)[C@@H](C)C(=O)Nc1ccc(Cl)cc1Cl.